The lowest BCUT2D eigenvalue weighted by atomic mass is 10.2. The molecular formula is C9H8O3S. The van der Waals surface area contributed by atoms with Crippen LogP contribution in [-0.2, 0) is 10.1 Å². The molecule has 0 radical (unpaired) electrons. The molecule has 0 aliphatic rings. The fraction of sp³-hybridized carbons (Fsp3) is 0.111. The van der Waals surface area contributed by atoms with Crippen LogP contribution in [0.5, 0.6) is 0 Å². The normalized spacial score (nSPS) is 10.2. The first-order chi connectivity index (χ1) is 6.08. The molecule has 13 heavy (non-hydrogen) atoms. The highest BCUT2D eigenvalue weighted by Gasteiger charge is 1.98. The lowest BCUT2D eigenvalue weighted by molar-refractivity contribution is 0.487. The van der Waals surface area contributed by atoms with Gasteiger partial charge in [0.2, 0.25) is 0 Å². The van der Waals surface area contributed by atoms with Crippen molar-refractivity contribution in [3.8, 4) is 11.8 Å². The van der Waals surface area contributed by atoms with Gasteiger partial charge >= 0.3 is 0 Å². The van der Waals surface area contributed by atoms with Crippen molar-refractivity contribution >= 4 is 10.1 Å². The summed E-state index contributed by atoms with van der Waals surface area (Å²) in [6, 6.07) is 8.97. The van der Waals surface area contributed by atoms with Gasteiger partial charge in [-0.1, -0.05) is 30.0 Å². The molecule has 0 amide bonds. The molecule has 1 aromatic carbocycles. The molecule has 3 nitrogen and oxygen atoms in total. The average Bonchev–Trinajstić information content (AvgIpc) is 2.04. The molecule has 1 rings (SSSR count). The van der Waals surface area contributed by atoms with Gasteiger partial charge in [0, 0.05) is 5.56 Å². The van der Waals surface area contributed by atoms with Crippen molar-refractivity contribution in [1.82, 2.24) is 0 Å². The van der Waals surface area contributed by atoms with E-state index in [9.17, 15) is 8.42 Å². The molecule has 0 aromatic heterocycles. The van der Waals surface area contributed by atoms with Crippen molar-refractivity contribution in [2.45, 2.75) is 0 Å². The highest BCUT2D eigenvalue weighted by atomic mass is 32.2. The lowest BCUT2D eigenvalue weighted by Crippen LogP contribution is -2.00. The van der Waals surface area contributed by atoms with Gasteiger partial charge in [-0.2, -0.15) is 8.42 Å². The van der Waals surface area contributed by atoms with Crippen LogP contribution in [0.25, 0.3) is 0 Å². The van der Waals surface area contributed by atoms with Gasteiger partial charge in [0.25, 0.3) is 10.1 Å². The Kier molecular flexibility index (Phi) is 3.07. The molecule has 0 saturated heterocycles. The minimum Gasteiger partial charge on any atom is -0.285 e. The van der Waals surface area contributed by atoms with Crippen molar-refractivity contribution in [1.29, 1.82) is 0 Å². The Balaban J connectivity index is 2.70. The van der Waals surface area contributed by atoms with Gasteiger partial charge in [0.15, 0.2) is 0 Å². The van der Waals surface area contributed by atoms with Crippen LogP contribution in [0.15, 0.2) is 30.3 Å². The quantitative estimate of drug-likeness (QED) is 0.537. The van der Waals surface area contributed by atoms with E-state index in [2.05, 4.69) is 11.8 Å². The first kappa shape index (κ1) is 9.78. The molecule has 1 aromatic rings. The monoisotopic (exact) mass is 196 g/mol. The molecule has 1 N–H and O–H groups in total. The molecule has 68 valence electrons. The Labute approximate surface area is 77.2 Å². The van der Waals surface area contributed by atoms with E-state index in [0.29, 0.717) is 0 Å². The first-order valence-corrected chi connectivity index (χ1v) is 5.18. The van der Waals surface area contributed by atoms with Crippen LogP contribution in [0.1, 0.15) is 5.56 Å². The minimum absolute atomic E-state index is 0.526. The molecular weight excluding hydrogens is 188 g/mol. The van der Waals surface area contributed by atoms with Gasteiger partial charge < -0.3 is 0 Å². The van der Waals surface area contributed by atoms with Gasteiger partial charge in [-0.15, -0.1) is 0 Å². The topological polar surface area (TPSA) is 54.4 Å². The van der Waals surface area contributed by atoms with E-state index in [1.165, 1.54) is 0 Å². The summed E-state index contributed by atoms with van der Waals surface area (Å²) in [5, 5.41) is 0. The predicted molar refractivity (Wildman–Crippen MR) is 49.7 cm³/mol. The Hall–Kier alpha value is -1.31. The molecule has 0 fully saturated rings. The molecule has 0 heterocycles. The molecule has 0 aliphatic carbocycles. The van der Waals surface area contributed by atoms with Gasteiger partial charge in [0.1, 0.15) is 5.75 Å². The van der Waals surface area contributed by atoms with E-state index in [0.717, 1.165) is 5.56 Å². The maximum atomic E-state index is 10.3. The zero-order valence-corrected chi connectivity index (χ0v) is 7.58. The molecule has 0 bridgehead atoms. The van der Waals surface area contributed by atoms with E-state index < -0.39 is 15.9 Å². The highest BCUT2D eigenvalue weighted by Crippen LogP contribution is 1.94. The smallest absolute Gasteiger partial charge is 0.276 e. The van der Waals surface area contributed by atoms with Crippen molar-refractivity contribution in [3.63, 3.8) is 0 Å². The second-order valence-electron chi connectivity index (χ2n) is 2.39. The third kappa shape index (κ3) is 4.31. The summed E-state index contributed by atoms with van der Waals surface area (Å²) in [5.74, 6) is 4.44. The summed E-state index contributed by atoms with van der Waals surface area (Å²) < 4.78 is 28.9. The van der Waals surface area contributed by atoms with Crippen LogP contribution in [0.4, 0.5) is 0 Å². The first-order valence-electron chi connectivity index (χ1n) is 3.57. The van der Waals surface area contributed by atoms with E-state index in [-0.39, 0.29) is 0 Å². The molecule has 0 atom stereocenters. The Morgan fingerprint density at radius 3 is 2.38 bits per heavy atom. The SMILES string of the molecule is O=S(=O)(O)CC#Cc1ccccc1. The summed E-state index contributed by atoms with van der Waals surface area (Å²) in [6.07, 6.45) is 0. The molecule has 0 spiro atoms. The zero-order valence-electron chi connectivity index (χ0n) is 6.77. The fourth-order valence-corrected chi connectivity index (χ4v) is 1.01. The van der Waals surface area contributed by atoms with Crippen molar-refractivity contribution < 1.29 is 13.0 Å². The van der Waals surface area contributed by atoms with E-state index in [4.69, 9.17) is 4.55 Å². The Morgan fingerprint density at radius 1 is 1.23 bits per heavy atom. The summed E-state index contributed by atoms with van der Waals surface area (Å²) in [6.45, 7) is 0. The van der Waals surface area contributed by atoms with Gasteiger partial charge in [-0.05, 0) is 12.1 Å². The third-order valence-corrected chi connectivity index (χ3v) is 1.77. The Morgan fingerprint density at radius 2 is 1.85 bits per heavy atom. The van der Waals surface area contributed by atoms with Crippen LogP contribution in [0.2, 0.25) is 0 Å². The molecule has 0 unspecified atom stereocenters. The van der Waals surface area contributed by atoms with Crippen LogP contribution in [0, 0.1) is 11.8 Å². The minimum atomic E-state index is -3.97. The van der Waals surface area contributed by atoms with E-state index in [1.54, 1.807) is 24.3 Å². The van der Waals surface area contributed by atoms with Crippen molar-refractivity contribution in [2.24, 2.45) is 0 Å². The standard InChI is InChI=1S/C9H8O3S/c10-13(11,12)8-4-7-9-5-2-1-3-6-9/h1-3,5-6H,8H2,(H,10,11,12). The van der Waals surface area contributed by atoms with Crippen LogP contribution in [0.3, 0.4) is 0 Å². The summed E-state index contributed by atoms with van der Waals surface area (Å²) in [5.41, 5.74) is 0.728. The van der Waals surface area contributed by atoms with Crippen molar-refractivity contribution in [2.75, 3.05) is 5.75 Å². The van der Waals surface area contributed by atoms with Crippen LogP contribution < -0.4 is 0 Å². The molecule has 0 aliphatic heterocycles. The fourth-order valence-electron chi connectivity index (χ4n) is 0.751. The van der Waals surface area contributed by atoms with Gasteiger partial charge in [0.05, 0.1) is 0 Å². The second kappa shape index (κ2) is 4.08. The van der Waals surface area contributed by atoms with Gasteiger partial charge in [-0.3, -0.25) is 4.55 Å². The zero-order chi connectivity index (χ0) is 9.73. The molecule has 0 saturated carbocycles. The summed E-state index contributed by atoms with van der Waals surface area (Å²) in [4.78, 5) is 0. The number of hydrogen-bond acceptors (Lipinski definition) is 2. The summed E-state index contributed by atoms with van der Waals surface area (Å²) >= 11 is 0. The second-order valence-corrected chi connectivity index (χ2v) is 3.85. The summed E-state index contributed by atoms with van der Waals surface area (Å²) in [7, 11) is -3.97. The maximum Gasteiger partial charge on any atom is 0.276 e. The van der Waals surface area contributed by atoms with Crippen LogP contribution >= 0.6 is 0 Å². The number of benzene rings is 1. The molecule has 4 heteroatoms. The van der Waals surface area contributed by atoms with Gasteiger partial charge in [-0.25, -0.2) is 0 Å². The van der Waals surface area contributed by atoms with E-state index in [1.807, 2.05) is 6.07 Å². The number of hydrogen-bond donors (Lipinski definition) is 1. The largest absolute Gasteiger partial charge is 0.285 e. The van der Waals surface area contributed by atoms with Crippen LogP contribution in [-0.4, -0.2) is 18.7 Å². The predicted octanol–water partition coefficient (Wildman–Crippen LogP) is 0.926. The van der Waals surface area contributed by atoms with E-state index >= 15 is 0 Å². The average molecular weight is 196 g/mol. The third-order valence-electron chi connectivity index (χ3n) is 1.26. The number of rotatable bonds is 1. The maximum absolute atomic E-state index is 10.3. The van der Waals surface area contributed by atoms with Crippen molar-refractivity contribution in [3.05, 3.63) is 35.9 Å². The Bertz CT molecular complexity index is 423. The lowest BCUT2D eigenvalue weighted by Gasteiger charge is -1.86. The highest BCUT2D eigenvalue weighted by molar-refractivity contribution is 7.86.